The molecule has 0 amide bonds. The zero-order valence-corrected chi connectivity index (χ0v) is 14.0. The Balaban J connectivity index is 1.71. The summed E-state index contributed by atoms with van der Waals surface area (Å²) in [6, 6.07) is 16.6. The molecule has 0 unspecified atom stereocenters. The van der Waals surface area contributed by atoms with Crippen LogP contribution in [-0.4, -0.2) is 13.2 Å². The van der Waals surface area contributed by atoms with Crippen LogP contribution in [0.4, 0.5) is 5.69 Å². The Hall–Kier alpha value is -1.48. The van der Waals surface area contributed by atoms with Gasteiger partial charge in [0.25, 0.3) is 0 Å². The summed E-state index contributed by atoms with van der Waals surface area (Å²) >= 11 is 3.46. The molecule has 3 heteroatoms. The van der Waals surface area contributed by atoms with Crippen LogP contribution in [0.2, 0.25) is 0 Å². The van der Waals surface area contributed by atoms with E-state index in [0.29, 0.717) is 6.61 Å². The van der Waals surface area contributed by atoms with Gasteiger partial charge in [0, 0.05) is 16.7 Å². The molecule has 0 saturated heterocycles. The summed E-state index contributed by atoms with van der Waals surface area (Å²) in [5, 5.41) is 3.34. The second-order valence-electron chi connectivity index (χ2n) is 5.03. The van der Waals surface area contributed by atoms with Crippen molar-refractivity contribution in [3.8, 4) is 5.75 Å². The molecule has 0 aromatic heterocycles. The lowest BCUT2D eigenvalue weighted by atomic mass is 10.1. The molecule has 0 aliphatic carbocycles. The minimum absolute atomic E-state index is 0.654. The number of anilines is 1. The van der Waals surface area contributed by atoms with Crippen LogP contribution >= 0.6 is 15.9 Å². The molecule has 1 N–H and O–H groups in total. The second kappa shape index (κ2) is 8.73. The van der Waals surface area contributed by atoms with Crippen LogP contribution in [0, 0.1) is 0 Å². The normalized spacial score (nSPS) is 10.4. The minimum Gasteiger partial charge on any atom is -0.492 e. The molecule has 0 saturated carbocycles. The van der Waals surface area contributed by atoms with E-state index in [9.17, 15) is 0 Å². The topological polar surface area (TPSA) is 21.3 Å². The molecule has 0 spiro atoms. The van der Waals surface area contributed by atoms with Gasteiger partial charge in [0.2, 0.25) is 0 Å². The predicted octanol–water partition coefficient (Wildman–Crippen LogP) is 5.28. The Kier molecular flexibility index (Phi) is 6.61. The molecule has 0 radical (unpaired) electrons. The van der Waals surface area contributed by atoms with Crippen molar-refractivity contribution in [1.82, 2.24) is 0 Å². The molecule has 2 aromatic carbocycles. The molecular formula is C18H22BrNO. The number of halogens is 1. The van der Waals surface area contributed by atoms with Gasteiger partial charge in [-0.1, -0.05) is 47.5 Å². The van der Waals surface area contributed by atoms with Gasteiger partial charge < -0.3 is 10.1 Å². The fourth-order valence-corrected chi connectivity index (χ4v) is 2.50. The summed E-state index contributed by atoms with van der Waals surface area (Å²) in [6.45, 7) is 3.66. The molecule has 2 nitrogen and oxygen atoms in total. The first-order valence-corrected chi connectivity index (χ1v) is 8.28. The number of hydrogen-bond donors (Lipinski definition) is 1. The number of hydrogen-bond acceptors (Lipinski definition) is 2. The highest BCUT2D eigenvalue weighted by Gasteiger charge is 1.97. The largest absolute Gasteiger partial charge is 0.492 e. The van der Waals surface area contributed by atoms with Crippen molar-refractivity contribution in [2.24, 2.45) is 0 Å². The summed E-state index contributed by atoms with van der Waals surface area (Å²) in [4.78, 5) is 0. The first-order chi connectivity index (χ1) is 10.3. The molecule has 112 valence electrons. The lowest BCUT2D eigenvalue weighted by molar-refractivity contribution is 0.333. The summed E-state index contributed by atoms with van der Waals surface area (Å²) < 4.78 is 6.82. The highest BCUT2D eigenvalue weighted by molar-refractivity contribution is 9.10. The number of aryl methyl sites for hydroxylation is 1. The van der Waals surface area contributed by atoms with Crippen LogP contribution in [0.1, 0.15) is 25.3 Å². The number of unbranched alkanes of at least 4 members (excludes halogenated alkanes) is 1. The lowest BCUT2D eigenvalue weighted by Gasteiger charge is -2.09. The van der Waals surface area contributed by atoms with Crippen molar-refractivity contribution in [3.63, 3.8) is 0 Å². The Bertz CT molecular complexity index is 539. The van der Waals surface area contributed by atoms with E-state index in [2.05, 4.69) is 58.5 Å². The molecule has 0 fully saturated rings. The van der Waals surface area contributed by atoms with Crippen molar-refractivity contribution >= 4 is 21.6 Å². The Morgan fingerprint density at radius 2 is 1.90 bits per heavy atom. The smallest absolute Gasteiger partial charge is 0.119 e. The molecular weight excluding hydrogens is 326 g/mol. The predicted molar refractivity (Wildman–Crippen MR) is 93.2 cm³/mol. The highest BCUT2D eigenvalue weighted by atomic mass is 79.9. The van der Waals surface area contributed by atoms with Crippen molar-refractivity contribution in [2.45, 2.75) is 26.2 Å². The molecule has 21 heavy (non-hydrogen) atoms. The average Bonchev–Trinajstić information content (AvgIpc) is 2.51. The first kappa shape index (κ1) is 15.9. The van der Waals surface area contributed by atoms with E-state index in [-0.39, 0.29) is 0 Å². The number of rotatable bonds is 8. The van der Waals surface area contributed by atoms with Gasteiger partial charge in [0.15, 0.2) is 0 Å². The number of benzene rings is 2. The maximum absolute atomic E-state index is 5.74. The Morgan fingerprint density at radius 3 is 2.62 bits per heavy atom. The Morgan fingerprint density at radius 1 is 1.10 bits per heavy atom. The molecule has 0 bridgehead atoms. The van der Waals surface area contributed by atoms with Crippen molar-refractivity contribution in [2.75, 3.05) is 18.5 Å². The summed E-state index contributed by atoms with van der Waals surface area (Å²) in [5.74, 6) is 0.936. The summed E-state index contributed by atoms with van der Waals surface area (Å²) in [6.07, 6.45) is 3.64. The third-order valence-corrected chi connectivity index (χ3v) is 3.76. The fraction of sp³-hybridized carbons (Fsp3) is 0.333. The van der Waals surface area contributed by atoms with Crippen molar-refractivity contribution in [3.05, 3.63) is 58.6 Å². The van der Waals surface area contributed by atoms with E-state index in [1.165, 1.54) is 18.4 Å². The van der Waals surface area contributed by atoms with Gasteiger partial charge in [-0.3, -0.25) is 0 Å². The number of ether oxygens (including phenoxy) is 1. The average molecular weight is 348 g/mol. The van der Waals surface area contributed by atoms with Crippen LogP contribution in [0.15, 0.2) is 53.0 Å². The van der Waals surface area contributed by atoms with Crippen LogP contribution in [-0.2, 0) is 6.42 Å². The Labute approximate surface area is 135 Å². The monoisotopic (exact) mass is 347 g/mol. The first-order valence-electron chi connectivity index (χ1n) is 7.49. The zero-order chi connectivity index (χ0) is 14.9. The summed E-state index contributed by atoms with van der Waals surface area (Å²) in [5.41, 5.74) is 2.49. The maximum atomic E-state index is 5.74. The van der Waals surface area contributed by atoms with Crippen LogP contribution in [0.3, 0.4) is 0 Å². The summed E-state index contributed by atoms with van der Waals surface area (Å²) in [7, 11) is 0. The van der Waals surface area contributed by atoms with Gasteiger partial charge in [-0.2, -0.15) is 0 Å². The van der Waals surface area contributed by atoms with Gasteiger partial charge >= 0.3 is 0 Å². The molecule has 0 aliphatic heterocycles. The third kappa shape index (κ3) is 5.80. The van der Waals surface area contributed by atoms with Crippen molar-refractivity contribution < 1.29 is 4.74 Å². The molecule has 0 heterocycles. The van der Waals surface area contributed by atoms with Crippen LogP contribution in [0.5, 0.6) is 5.75 Å². The third-order valence-electron chi connectivity index (χ3n) is 3.27. The van der Waals surface area contributed by atoms with E-state index in [4.69, 9.17) is 4.74 Å². The molecule has 2 aromatic rings. The minimum atomic E-state index is 0.654. The van der Waals surface area contributed by atoms with E-state index in [1.807, 2.05) is 18.2 Å². The second-order valence-corrected chi connectivity index (χ2v) is 5.95. The quantitative estimate of drug-likeness (QED) is 0.655. The van der Waals surface area contributed by atoms with E-state index >= 15 is 0 Å². The molecule has 2 rings (SSSR count). The van der Waals surface area contributed by atoms with E-state index in [0.717, 1.165) is 28.9 Å². The van der Waals surface area contributed by atoms with Gasteiger partial charge in [0.05, 0.1) is 0 Å². The van der Waals surface area contributed by atoms with Gasteiger partial charge in [-0.05, 0) is 48.7 Å². The van der Waals surface area contributed by atoms with Crippen LogP contribution in [0.25, 0.3) is 0 Å². The zero-order valence-electron chi connectivity index (χ0n) is 12.4. The van der Waals surface area contributed by atoms with Crippen LogP contribution < -0.4 is 10.1 Å². The van der Waals surface area contributed by atoms with E-state index in [1.54, 1.807) is 0 Å². The van der Waals surface area contributed by atoms with Gasteiger partial charge in [-0.25, -0.2) is 0 Å². The van der Waals surface area contributed by atoms with Crippen molar-refractivity contribution in [1.29, 1.82) is 0 Å². The molecule has 0 aliphatic rings. The number of nitrogens with one attached hydrogen (secondary N) is 1. The van der Waals surface area contributed by atoms with Gasteiger partial charge in [-0.15, -0.1) is 0 Å². The van der Waals surface area contributed by atoms with E-state index < -0.39 is 0 Å². The highest BCUT2D eigenvalue weighted by Crippen LogP contribution is 2.16. The SMILES string of the molecule is CCCCc1ccc(OCCNc2cccc(Br)c2)cc1. The van der Waals surface area contributed by atoms with Gasteiger partial charge in [0.1, 0.15) is 12.4 Å². The fourth-order valence-electron chi connectivity index (χ4n) is 2.10. The maximum Gasteiger partial charge on any atom is 0.119 e. The standard InChI is InChI=1S/C18H22BrNO/c1-2-3-5-15-8-10-18(11-9-15)21-13-12-20-17-7-4-6-16(19)14-17/h4,6-11,14,20H,2-3,5,12-13H2,1H3. The molecule has 0 atom stereocenters. The lowest BCUT2D eigenvalue weighted by Crippen LogP contribution is -2.11.